The lowest BCUT2D eigenvalue weighted by Crippen LogP contribution is -2.45. The molecule has 118 valence electrons. The van der Waals surface area contributed by atoms with Crippen LogP contribution in [0.2, 0.25) is 0 Å². The van der Waals surface area contributed by atoms with E-state index in [-0.39, 0.29) is 5.91 Å². The normalized spacial score (nSPS) is 17.0. The number of hydrogen-bond donors (Lipinski definition) is 1. The van der Waals surface area contributed by atoms with Gasteiger partial charge in [0, 0.05) is 19.1 Å². The number of rotatable bonds is 7. The number of thioether (sulfide) groups is 2. The molecule has 0 saturated carbocycles. The Hall–Kier alpha value is -0.730. The summed E-state index contributed by atoms with van der Waals surface area (Å²) in [6, 6.07) is 0.302. The van der Waals surface area contributed by atoms with Gasteiger partial charge in [0.2, 0.25) is 11.8 Å². The van der Waals surface area contributed by atoms with Crippen LogP contribution in [-0.4, -0.2) is 58.7 Å². The standard InChI is InChI=1S/C13H22N4O2S2/c1-3-17-6-4-10(5-7-17)14-11(18)8-21-13-16-15-12(19-13)9-20-2/h10H,3-9H2,1-2H3,(H,14,18). The topological polar surface area (TPSA) is 71.3 Å². The van der Waals surface area contributed by atoms with Gasteiger partial charge in [0.15, 0.2) is 0 Å². The van der Waals surface area contributed by atoms with Gasteiger partial charge in [0.25, 0.3) is 5.22 Å². The number of likely N-dealkylation sites (tertiary alicyclic amines) is 1. The fourth-order valence-corrected chi connectivity index (χ4v) is 3.22. The maximum atomic E-state index is 11.9. The first-order chi connectivity index (χ1) is 10.2. The molecule has 0 aliphatic carbocycles. The minimum atomic E-state index is 0.0413. The van der Waals surface area contributed by atoms with E-state index in [2.05, 4.69) is 27.3 Å². The fraction of sp³-hybridized carbons (Fsp3) is 0.769. The number of nitrogens with one attached hydrogen (secondary N) is 1. The first-order valence-corrected chi connectivity index (χ1v) is 9.55. The average Bonchev–Trinajstić information content (AvgIpc) is 2.94. The average molecular weight is 330 g/mol. The van der Waals surface area contributed by atoms with Crippen LogP contribution in [0.1, 0.15) is 25.7 Å². The Balaban J connectivity index is 1.67. The number of amides is 1. The molecule has 2 heterocycles. The molecule has 0 bridgehead atoms. The zero-order chi connectivity index (χ0) is 15.1. The molecule has 1 aliphatic rings. The van der Waals surface area contributed by atoms with Gasteiger partial charge in [-0.3, -0.25) is 4.79 Å². The molecule has 1 fully saturated rings. The lowest BCUT2D eigenvalue weighted by molar-refractivity contribution is -0.119. The van der Waals surface area contributed by atoms with Crippen molar-refractivity contribution in [1.82, 2.24) is 20.4 Å². The predicted molar refractivity (Wildman–Crippen MR) is 85.5 cm³/mol. The van der Waals surface area contributed by atoms with Crippen LogP contribution in [0.15, 0.2) is 9.64 Å². The van der Waals surface area contributed by atoms with E-state index in [4.69, 9.17) is 4.42 Å². The van der Waals surface area contributed by atoms with Gasteiger partial charge in [-0.2, -0.15) is 11.8 Å². The molecule has 0 unspecified atom stereocenters. The van der Waals surface area contributed by atoms with Crippen molar-refractivity contribution in [2.75, 3.05) is 31.6 Å². The molecule has 1 amide bonds. The zero-order valence-corrected chi connectivity index (χ0v) is 14.1. The summed E-state index contributed by atoms with van der Waals surface area (Å²) < 4.78 is 5.43. The number of carbonyl (C=O) groups is 1. The fourth-order valence-electron chi connectivity index (χ4n) is 2.27. The first kappa shape index (κ1) is 16.6. The van der Waals surface area contributed by atoms with Crippen LogP contribution in [0.25, 0.3) is 0 Å². The molecule has 0 atom stereocenters. The molecule has 21 heavy (non-hydrogen) atoms. The second-order valence-electron chi connectivity index (χ2n) is 4.96. The Labute approximate surface area is 133 Å². The summed E-state index contributed by atoms with van der Waals surface area (Å²) in [6.45, 7) is 5.39. The van der Waals surface area contributed by atoms with Crippen molar-refractivity contribution >= 4 is 29.4 Å². The Bertz CT molecular complexity index is 447. The number of aromatic nitrogens is 2. The van der Waals surface area contributed by atoms with E-state index in [1.807, 2.05) is 6.26 Å². The van der Waals surface area contributed by atoms with Gasteiger partial charge in [-0.25, -0.2) is 0 Å². The second-order valence-corrected chi connectivity index (χ2v) is 6.75. The summed E-state index contributed by atoms with van der Waals surface area (Å²) in [7, 11) is 0. The summed E-state index contributed by atoms with van der Waals surface area (Å²) >= 11 is 2.93. The molecule has 0 radical (unpaired) electrons. The van der Waals surface area contributed by atoms with Gasteiger partial charge in [-0.1, -0.05) is 18.7 Å². The van der Waals surface area contributed by atoms with Crippen molar-refractivity contribution in [3.63, 3.8) is 0 Å². The highest BCUT2D eigenvalue weighted by atomic mass is 32.2. The zero-order valence-electron chi connectivity index (χ0n) is 12.5. The van der Waals surface area contributed by atoms with Crippen molar-refractivity contribution in [3.05, 3.63) is 5.89 Å². The van der Waals surface area contributed by atoms with E-state index < -0.39 is 0 Å². The molecule has 6 nitrogen and oxygen atoms in total. The Kier molecular flexibility index (Phi) is 6.85. The largest absolute Gasteiger partial charge is 0.415 e. The third-order valence-electron chi connectivity index (χ3n) is 3.44. The van der Waals surface area contributed by atoms with E-state index in [1.165, 1.54) is 11.8 Å². The summed E-state index contributed by atoms with van der Waals surface area (Å²) in [5.41, 5.74) is 0. The molecule has 1 aromatic heterocycles. The third-order valence-corrected chi connectivity index (χ3v) is 4.80. The maximum Gasteiger partial charge on any atom is 0.277 e. The number of carbonyl (C=O) groups excluding carboxylic acids is 1. The Morgan fingerprint density at radius 1 is 1.43 bits per heavy atom. The first-order valence-electron chi connectivity index (χ1n) is 7.17. The summed E-state index contributed by atoms with van der Waals surface area (Å²) in [5.74, 6) is 1.68. The van der Waals surface area contributed by atoms with Gasteiger partial charge < -0.3 is 14.6 Å². The van der Waals surface area contributed by atoms with Crippen molar-refractivity contribution in [3.8, 4) is 0 Å². The minimum absolute atomic E-state index is 0.0413. The van der Waals surface area contributed by atoms with E-state index in [9.17, 15) is 4.79 Å². The van der Waals surface area contributed by atoms with E-state index in [1.54, 1.807) is 11.8 Å². The van der Waals surface area contributed by atoms with Crippen LogP contribution >= 0.6 is 23.5 Å². The summed E-state index contributed by atoms with van der Waals surface area (Å²) in [6.07, 6.45) is 4.04. The highest BCUT2D eigenvalue weighted by Gasteiger charge is 2.20. The monoisotopic (exact) mass is 330 g/mol. The molecule has 1 aliphatic heterocycles. The Morgan fingerprint density at radius 3 is 2.86 bits per heavy atom. The van der Waals surface area contributed by atoms with Crippen molar-refractivity contribution in [2.24, 2.45) is 0 Å². The Morgan fingerprint density at radius 2 is 2.19 bits per heavy atom. The van der Waals surface area contributed by atoms with Crippen LogP contribution in [0, 0.1) is 0 Å². The van der Waals surface area contributed by atoms with Crippen LogP contribution in [0.4, 0.5) is 0 Å². The molecule has 2 rings (SSSR count). The van der Waals surface area contributed by atoms with Gasteiger partial charge in [0.1, 0.15) is 0 Å². The molecular formula is C13H22N4O2S2. The lowest BCUT2D eigenvalue weighted by atomic mass is 10.1. The number of nitrogens with zero attached hydrogens (tertiary/aromatic N) is 3. The van der Waals surface area contributed by atoms with Crippen molar-refractivity contribution in [2.45, 2.75) is 36.8 Å². The highest BCUT2D eigenvalue weighted by molar-refractivity contribution is 7.99. The van der Waals surface area contributed by atoms with Crippen molar-refractivity contribution < 1.29 is 9.21 Å². The molecule has 0 spiro atoms. The van der Waals surface area contributed by atoms with E-state index >= 15 is 0 Å². The van der Waals surface area contributed by atoms with Gasteiger partial charge in [-0.15, -0.1) is 10.2 Å². The van der Waals surface area contributed by atoms with Crippen LogP contribution in [0.3, 0.4) is 0 Å². The van der Waals surface area contributed by atoms with Crippen LogP contribution < -0.4 is 5.32 Å². The third kappa shape index (κ3) is 5.52. The molecule has 8 heteroatoms. The molecule has 1 aromatic rings. The second kappa shape index (κ2) is 8.65. The molecular weight excluding hydrogens is 308 g/mol. The van der Waals surface area contributed by atoms with Gasteiger partial charge in [-0.05, 0) is 25.6 Å². The van der Waals surface area contributed by atoms with Gasteiger partial charge >= 0.3 is 0 Å². The van der Waals surface area contributed by atoms with Gasteiger partial charge in [0.05, 0.1) is 11.5 Å². The maximum absolute atomic E-state index is 11.9. The molecule has 1 saturated heterocycles. The highest BCUT2D eigenvalue weighted by Crippen LogP contribution is 2.18. The minimum Gasteiger partial charge on any atom is -0.415 e. The van der Waals surface area contributed by atoms with Crippen LogP contribution in [-0.2, 0) is 10.5 Å². The summed E-state index contributed by atoms with van der Waals surface area (Å²) in [5, 5.41) is 11.4. The smallest absolute Gasteiger partial charge is 0.277 e. The van der Waals surface area contributed by atoms with Crippen molar-refractivity contribution in [1.29, 1.82) is 0 Å². The van der Waals surface area contributed by atoms with E-state index in [0.717, 1.165) is 32.5 Å². The molecule has 0 aromatic carbocycles. The number of hydrogen-bond acceptors (Lipinski definition) is 7. The van der Waals surface area contributed by atoms with Crippen LogP contribution in [0.5, 0.6) is 0 Å². The number of piperidine rings is 1. The predicted octanol–water partition coefficient (Wildman–Crippen LogP) is 1.63. The quantitative estimate of drug-likeness (QED) is 0.762. The summed E-state index contributed by atoms with van der Waals surface area (Å²) in [4.78, 5) is 14.3. The SMILES string of the molecule is CCN1CCC(NC(=O)CSc2nnc(CSC)o2)CC1. The molecule has 1 N–H and O–H groups in total. The lowest BCUT2D eigenvalue weighted by Gasteiger charge is -2.31. The van der Waals surface area contributed by atoms with E-state index in [0.29, 0.717) is 28.7 Å².